The molecule has 1 unspecified atom stereocenters. The molecule has 3 rings (SSSR count). The zero-order valence-corrected chi connectivity index (χ0v) is 12.6. The highest BCUT2D eigenvalue weighted by atomic mass is 15.3. The van der Waals surface area contributed by atoms with E-state index >= 15 is 0 Å². The van der Waals surface area contributed by atoms with Gasteiger partial charge in [-0.05, 0) is 44.8 Å². The predicted octanol–water partition coefficient (Wildman–Crippen LogP) is 1.99. The maximum Gasteiger partial charge on any atom is 0.0235 e. The molecule has 1 aromatic rings. The van der Waals surface area contributed by atoms with Gasteiger partial charge in [0.1, 0.15) is 0 Å². The number of benzene rings is 1. The molecule has 2 saturated heterocycles. The van der Waals surface area contributed by atoms with E-state index in [0.717, 1.165) is 12.6 Å². The van der Waals surface area contributed by atoms with Crippen LogP contribution in [-0.4, -0.2) is 48.1 Å². The Hall–Kier alpha value is -0.900. The van der Waals surface area contributed by atoms with E-state index in [1.807, 2.05) is 0 Å². The van der Waals surface area contributed by atoms with Crippen LogP contribution in [0.3, 0.4) is 0 Å². The van der Waals surface area contributed by atoms with Gasteiger partial charge >= 0.3 is 0 Å². The number of piperidine rings is 1. The van der Waals surface area contributed by atoms with Gasteiger partial charge in [-0.3, -0.25) is 9.80 Å². The molecule has 3 heteroatoms. The van der Waals surface area contributed by atoms with Crippen LogP contribution in [0.5, 0.6) is 0 Å². The normalized spacial score (nSPS) is 26.2. The molecule has 20 heavy (non-hydrogen) atoms. The Bertz CT molecular complexity index is 420. The summed E-state index contributed by atoms with van der Waals surface area (Å²) in [5.74, 6) is 0. The molecule has 2 aliphatic rings. The molecule has 0 saturated carbocycles. The fraction of sp³-hybridized carbons (Fsp3) is 0.647. The molecular weight excluding hydrogens is 246 g/mol. The van der Waals surface area contributed by atoms with E-state index in [4.69, 9.17) is 5.73 Å². The summed E-state index contributed by atoms with van der Waals surface area (Å²) in [6.07, 6.45) is 3.67. The zero-order valence-electron chi connectivity index (χ0n) is 12.6. The molecule has 0 spiro atoms. The molecule has 110 valence electrons. The van der Waals surface area contributed by atoms with E-state index in [9.17, 15) is 0 Å². The number of aryl methyl sites for hydroxylation is 1. The maximum absolute atomic E-state index is 6.00. The van der Waals surface area contributed by atoms with Crippen LogP contribution in [0.25, 0.3) is 0 Å². The average Bonchev–Trinajstić information content (AvgIpc) is 2.91. The van der Waals surface area contributed by atoms with Gasteiger partial charge in [-0.2, -0.15) is 0 Å². The van der Waals surface area contributed by atoms with Crippen molar-refractivity contribution in [3.63, 3.8) is 0 Å². The van der Waals surface area contributed by atoms with Crippen LogP contribution < -0.4 is 5.73 Å². The first kappa shape index (κ1) is 14.1. The summed E-state index contributed by atoms with van der Waals surface area (Å²) >= 11 is 0. The Morgan fingerprint density at radius 1 is 1.05 bits per heavy atom. The Balaban J connectivity index is 1.50. The second kappa shape index (κ2) is 6.25. The van der Waals surface area contributed by atoms with Gasteiger partial charge in [0.15, 0.2) is 0 Å². The molecule has 2 heterocycles. The number of hydrogen-bond donors (Lipinski definition) is 1. The highest BCUT2D eigenvalue weighted by Crippen LogP contribution is 2.21. The van der Waals surface area contributed by atoms with Gasteiger partial charge in [0, 0.05) is 31.7 Å². The Labute approximate surface area is 122 Å². The first-order valence-electron chi connectivity index (χ1n) is 7.98. The van der Waals surface area contributed by atoms with Gasteiger partial charge in [-0.1, -0.05) is 29.8 Å². The van der Waals surface area contributed by atoms with E-state index in [2.05, 4.69) is 41.0 Å². The number of nitrogens with two attached hydrogens (primary N) is 1. The quantitative estimate of drug-likeness (QED) is 0.914. The van der Waals surface area contributed by atoms with Crippen molar-refractivity contribution < 1.29 is 0 Å². The molecule has 2 aliphatic heterocycles. The minimum Gasteiger partial charge on any atom is -0.328 e. The molecule has 1 atom stereocenters. The monoisotopic (exact) mass is 273 g/mol. The molecule has 0 aliphatic carbocycles. The minimum atomic E-state index is 0.441. The minimum absolute atomic E-state index is 0.441. The smallest absolute Gasteiger partial charge is 0.0235 e. The molecule has 0 radical (unpaired) electrons. The van der Waals surface area contributed by atoms with Gasteiger partial charge in [-0.15, -0.1) is 0 Å². The fourth-order valence-corrected chi connectivity index (χ4v) is 3.49. The van der Waals surface area contributed by atoms with Crippen LogP contribution in [0.2, 0.25) is 0 Å². The SMILES string of the molecule is Cc1ccc(CN2CCC(N3CCC(N)CC3)C2)cc1. The third-order valence-corrected chi connectivity index (χ3v) is 4.86. The summed E-state index contributed by atoms with van der Waals surface area (Å²) in [6.45, 7) is 8.11. The lowest BCUT2D eigenvalue weighted by atomic mass is 10.0. The Morgan fingerprint density at radius 2 is 1.75 bits per heavy atom. The lowest BCUT2D eigenvalue weighted by molar-refractivity contribution is 0.151. The van der Waals surface area contributed by atoms with Gasteiger partial charge in [0.05, 0.1) is 0 Å². The van der Waals surface area contributed by atoms with Crippen molar-refractivity contribution in [2.75, 3.05) is 26.2 Å². The van der Waals surface area contributed by atoms with Crippen molar-refractivity contribution in [3.05, 3.63) is 35.4 Å². The van der Waals surface area contributed by atoms with Crippen LogP contribution in [0.15, 0.2) is 24.3 Å². The van der Waals surface area contributed by atoms with Gasteiger partial charge in [0.2, 0.25) is 0 Å². The molecule has 1 aromatic carbocycles. The van der Waals surface area contributed by atoms with Crippen LogP contribution in [0, 0.1) is 6.92 Å². The van der Waals surface area contributed by atoms with Crippen molar-refractivity contribution in [2.24, 2.45) is 5.73 Å². The largest absolute Gasteiger partial charge is 0.328 e. The van der Waals surface area contributed by atoms with Crippen molar-refractivity contribution in [2.45, 2.75) is 44.8 Å². The summed E-state index contributed by atoms with van der Waals surface area (Å²) in [4.78, 5) is 5.27. The van der Waals surface area contributed by atoms with Crippen molar-refractivity contribution in [3.8, 4) is 0 Å². The highest BCUT2D eigenvalue weighted by Gasteiger charge is 2.29. The van der Waals surface area contributed by atoms with E-state index in [-0.39, 0.29) is 0 Å². The molecule has 0 bridgehead atoms. The van der Waals surface area contributed by atoms with E-state index < -0.39 is 0 Å². The summed E-state index contributed by atoms with van der Waals surface area (Å²) in [5.41, 5.74) is 8.79. The standard InChI is InChI=1S/C17H27N3/c1-14-2-4-15(5-3-14)12-19-9-8-17(13-19)20-10-6-16(18)7-11-20/h2-5,16-17H,6-13,18H2,1H3. The van der Waals surface area contributed by atoms with Crippen molar-refractivity contribution >= 4 is 0 Å². The van der Waals surface area contributed by atoms with Crippen LogP contribution in [0.1, 0.15) is 30.4 Å². The van der Waals surface area contributed by atoms with E-state index in [1.165, 1.54) is 56.6 Å². The molecule has 2 N–H and O–H groups in total. The Kier molecular flexibility index (Phi) is 4.39. The van der Waals surface area contributed by atoms with E-state index in [1.54, 1.807) is 0 Å². The van der Waals surface area contributed by atoms with Crippen LogP contribution in [-0.2, 0) is 6.54 Å². The first-order valence-corrected chi connectivity index (χ1v) is 7.98. The van der Waals surface area contributed by atoms with Gasteiger partial charge in [-0.25, -0.2) is 0 Å². The van der Waals surface area contributed by atoms with Gasteiger partial charge in [0.25, 0.3) is 0 Å². The molecule has 0 amide bonds. The van der Waals surface area contributed by atoms with Gasteiger partial charge < -0.3 is 5.73 Å². The Morgan fingerprint density at radius 3 is 2.45 bits per heavy atom. The molecule has 0 aromatic heterocycles. The second-order valence-corrected chi connectivity index (χ2v) is 6.54. The fourth-order valence-electron chi connectivity index (χ4n) is 3.49. The van der Waals surface area contributed by atoms with Crippen molar-refractivity contribution in [1.29, 1.82) is 0 Å². The first-order chi connectivity index (χ1) is 9.70. The van der Waals surface area contributed by atoms with Crippen LogP contribution >= 0.6 is 0 Å². The predicted molar refractivity (Wildman–Crippen MR) is 83.6 cm³/mol. The molecule has 2 fully saturated rings. The zero-order chi connectivity index (χ0) is 13.9. The lowest BCUT2D eigenvalue weighted by Crippen LogP contribution is -2.46. The summed E-state index contributed by atoms with van der Waals surface area (Å²) in [5, 5.41) is 0. The number of nitrogens with zero attached hydrogens (tertiary/aromatic N) is 2. The lowest BCUT2D eigenvalue weighted by Gasteiger charge is -2.34. The maximum atomic E-state index is 6.00. The van der Waals surface area contributed by atoms with Crippen LogP contribution in [0.4, 0.5) is 0 Å². The van der Waals surface area contributed by atoms with E-state index in [0.29, 0.717) is 6.04 Å². The summed E-state index contributed by atoms with van der Waals surface area (Å²) in [6, 6.07) is 10.2. The number of rotatable bonds is 3. The molecule has 3 nitrogen and oxygen atoms in total. The number of likely N-dealkylation sites (tertiary alicyclic amines) is 2. The summed E-state index contributed by atoms with van der Waals surface area (Å²) < 4.78 is 0. The third-order valence-electron chi connectivity index (χ3n) is 4.86. The highest BCUT2D eigenvalue weighted by molar-refractivity contribution is 5.21. The average molecular weight is 273 g/mol. The summed E-state index contributed by atoms with van der Waals surface area (Å²) in [7, 11) is 0. The third kappa shape index (κ3) is 3.40. The van der Waals surface area contributed by atoms with Crippen molar-refractivity contribution in [1.82, 2.24) is 9.80 Å². The molecular formula is C17H27N3. The topological polar surface area (TPSA) is 32.5 Å². The second-order valence-electron chi connectivity index (χ2n) is 6.54. The number of hydrogen-bond acceptors (Lipinski definition) is 3.